The number of carbonyl (C=O) groups excluding carboxylic acids is 1. The molecule has 0 saturated carbocycles. The van der Waals surface area contributed by atoms with Crippen LogP contribution in [0.3, 0.4) is 0 Å². The van der Waals surface area contributed by atoms with Gasteiger partial charge in [-0.15, -0.1) is 0 Å². The lowest BCUT2D eigenvalue weighted by Crippen LogP contribution is -2.34. The molecule has 0 fully saturated rings. The van der Waals surface area contributed by atoms with E-state index in [2.05, 4.69) is 5.32 Å². The maximum absolute atomic E-state index is 11.8. The molecule has 1 aromatic rings. The number of ketones is 1. The SMILES string of the molecule is CCC(=O)C1NCCc2cc(OC)c(O)cc21. The van der Waals surface area contributed by atoms with Gasteiger partial charge in [-0.05, 0) is 29.7 Å². The fourth-order valence-electron chi connectivity index (χ4n) is 2.23. The maximum Gasteiger partial charge on any atom is 0.160 e. The molecule has 92 valence electrons. The topological polar surface area (TPSA) is 58.6 Å². The summed E-state index contributed by atoms with van der Waals surface area (Å²) >= 11 is 0. The van der Waals surface area contributed by atoms with E-state index in [0.717, 1.165) is 24.1 Å². The Kier molecular flexibility index (Phi) is 3.33. The number of methoxy groups -OCH3 is 1. The molecule has 1 atom stereocenters. The van der Waals surface area contributed by atoms with Crippen LogP contribution in [-0.4, -0.2) is 24.5 Å². The summed E-state index contributed by atoms with van der Waals surface area (Å²) in [6.45, 7) is 2.62. The molecule has 1 aliphatic rings. The highest BCUT2D eigenvalue weighted by Crippen LogP contribution is 2.34. The average molecular weight is 235 g/mol. The molecule has 0 amide bonds. The van der Waals surface area contributed by atoms with E-state index >= 15 is 0 Å². The molecule has 1 heterocycles. The Morgan fingerprint density at radius 3 is 3.00 bits per heavy atom. The van der Waals surface area contributed by atoms with Gasteiger partial charge in [-0.1, -0.05) is 6.92 Å². The largest absolute Gasteiger partial charge is 0.504 e. The molecule has 1 unspecified atom stereocenters. The molecule has 2 N–H and O–H groups in total. The third-order valence-corrected chi connectivity index (χ3v) is 3.16. The number of aromatic hydroxyl groups is 1. The normalized spacial score (nSPS) is 18.6. The number of ether oxygens (including phenoxy) is 1. The van der Waals surface area contributed by atoms with Crippen molar-refractivity contribution in [3.05, 3.63) is 23.3 Å². The zero-order valence-corrected chi connectivity index (χ0v) is 10.1. The van der Waals surface area contributed by atoms with Crippen LogP contribution in [0.25, 0.3) is 0 Å². The molecule has 0 bridgehead atoms. The molecule has 0 aliphatic carbocycles. The fourth-order valence-corrected chi connectivity index (χ4v) is 2.23. The second-order valence-corrected chi connectivity index (χ2v) is 4.18. The highest BCUT2D eigenvalue weighted by atomic mass is 16.5. The highest BCUT2D eigenvalue weighted by Gasteiger charge is 2.26. The number of fused-ring (bicyclic) bond motifs is 1. The molecule has 1 aliphatic heterocycles. The second-order valence-electron chi connectivity index (χ2n) is 4.18. The number of hydrogen-bond acceptors (Lipinski definition) is 4. The van der Waals surface area contributed by atoms with Crippen molar-refractivity contribution in [1.82, 2.24) is 5.32 Å². The number of phenolic OH excluding ortho intramolecular Hbond substituents is 1. The predicted octanol–water partition coefficient (Wildman–Crippen LogP) is 1.57. The number of phenols is 1. The number of nitrogens with one attached hydrogen (secondary N) is 1. The van der Waals surface area contributed by atoms with Crippen molar-refractivity contribution in [3.63, 3.8) is 0 Å². The summed E-state index contributed by atoms with van der Waals surface area (Å²) in [7, 11) is 1.53. The van der Waals surface area contributed by atoms with Crippen LogP contribution in [0.5, 0.6) is 11.5 Å². The number of hydrogen-bond donors (Lipinski definition) is 2. The van der Waals surface area contributed by atoms with E-state index in [1.165, 1.54) is 7.11 Å². The van der Waals surface area contributed by atoms with E-state index in [1.807, 2.05) is 13.0 Å². The van der Waals surface area contributed by atoms with Crippen molar-refractivity contribution in [2.75, 3.05) is 13.7 Å². The molecule has 17 heavy (non-hydrogen) atoms. The predicted molar refractivity (Wildman–Crippen MR) is 64.4 cm³/mol. The van der Waals surface area contributed by atoms with Crippen LogP contribution in [0, 0.1) is 0 Å². The first-order valence-corrected chi connectivity index (χ1v) is 5.83. The van der Waals surface area contributed by atoms with E-state index in [0.29, 0.717) is 12.2 Å². The van der Waals surface area contributed by atoms with Crippen molar-refractivity contribution in [2.45, 2.75) is 25.8 Å². The molecule has 0 radical (unpaired) electrons. The quantitative estimate of drug-likeness (QED) is 0.835. The molecular weight excluding hydrogens is 218 g/mol. The molecule has 0 aromatic heterocycles. The minimum atomic E-state index is -0.291. The zero-order chi connectivity index (χ0) is 12.4. The third kappa shape index (κ3) is 2.13. The van der Waals surface area contributed by atoms with Crippen molar-refractivity contribution >= 4 is 5.78 Å². The number of benzene rings is 1. The Morgan fingerprint density at radius 2 is 2.35 bits per heavy atom. The van der Waals surface area contributed by atoms with Gasteiger partial charge in [0.05, 0.1) is 13.2 Å². The summed E-state index contributed by atoms with van der Waals surface area (Å²) in [6.07, 6.45) is 1.34. The lowest BCUT2D eigenvalue weighted by Gasteiger charge is -2.26. The summed E-state index contributed by atoms with van der Waals surface area (Å²) in [5.41, 5.74) is 1.95. The van der Waals surface area contributed by atoms with Crippen molar-refractivity contribution in [3.8, 4) is 11.5 Å². The van der Waals surface area contributed by atoms with Crippen molar-refractivity contribution in [1.29, 1.82) is 0 Å². The van der Waals surface area contributed by atoms with Crippen LogP contribution < -0.4 is 10.1 Å². The Bertz CT molecular complexity index is 443. The lowest BCUT2D eigenvalue weighted by atomic mass is 9.90. The Labute approximate surface area is 101 Å². The van der Waals surface area contributed by atoms with Gasteiger partial charge >= 0.3 is 0 Å². The van der Waals surface area contributed by atoms with Gasteiger partial charge in [0.25, 0.3) is 0 Å². The monoisotopic (exact) mass is 235 g/mol. The van der Waals surface area contributed by atoms with E-state index < -0.39 is 0 Å². The molecule has 0 saturated heterocycles. The van der Waals surface area contributed by atoms with Gasteiger partial charge in [0.1, 0.15) is 0 Å². The molecule has 4 heteroatoms. The smallest absolute Gasteiger partial charge is 0.160 e. The van der Waals surface area contributed by atoms with Crippen LogP contribution in [0.2, 0.25) is 0 Å². The van der Waals surface area contributed by atoms with Gasteiger partial charge in [0.2, 0.25) is 0 Å². The van der Waals surface area contributed by atoms with Crippen LogP contribution in [0.4, 0.5) is 0 Å². The molecule has 2 rings (SSSR count). The average Bonchev–Trinajstić information content (AvgIpc) is 2.36. The van der Waals surface area contributed by atoms with E-state index in [4.69, 9.17) is 4.74 Å². The summed E-state index contributed by atoms with van der Waals surface area (Å²) in [4.78, 5) is 11.8. The van der Waals surface area contributed by atoms with Gasteiger partial charge in [-0.2, -0.15) is 0 Å². The Balaban J connectivity index is 2.44. The highest BCUT2D eigenvalue weighted by molar-refractivity contribution is 5.86. The summed E-state index contributed by atoms with van der Waals surface area (Å²) in [5, 5.41) is 13.0. The first-order chi connectivity index (χ1) is 8.17. The van der Waals surface area contributed by atoms with E-state index in [1.54, 1.807) is 6.07 Å². The van der Waals surface area contributed by atoms with Gasteiger partial charge in [0, 0.05) is 13.0 Å². The summed E-state index contributed by atoms with van der Waals surface area (Å²) in [5.74, 6) is 0.702. The molecule has 0 spiro atoms. The van der Waals surface area contributed by atoms with Crippen molar-refractivity contribution < 1.29 is 14.6 Å². The van der Waals surface area contributed by atoms with Crippen LogP contribution in [0.1, 0.15) is 30.5 Å². The third-order valence-electron chi connectivity index (χ3n) is 3.16. The second kappa shape index (κ2) is 4.75. The van der Waals surface area contributed by atoms with Crippen LogP contribution in [0.15, 0.2) is 12.1 Å². The molecule has 4 nitrogen and oxygen atoms in total. The first kappa shape index (κ1) is 11.9. The summed E-state index contributed by atoms with van der Waals surface area (Å²) < 4.78 is 5.08. The molecule has 1 aromatic carbocycles. The van der Waals surface area contributed by atoms with E-state index in [9.17, 15) is 9.90 Å². The number of carbonyl (C=O) groups is 1. The van der Waals surface area contributed by atoms with Gasteiger partial charge < -0.3 is 15.2 Å². The first-order valence-electron chi connectivity index (χ1n) is 5.83. The zero-order valence-electron chi connectivity index (χ0n) is 10.1. The standard InChI is InChI=1S/C13H17NO3/c1-3-10(15)13-9-7-11(16)12(17-2)6-8(9)4-5-14-13/h6-7,13-14,16H,3-5H2,1-2H3. The van der Waals surface area contributed by atoms with Gasteiger partial charge in [-0.3, -0.25) is 4.79 Å². The summed E-state index contributed by atoms with van der Waals surface area (Å²) in [6, 6.07) is 3.17. The maximum atomic E-state index is 11.8. The fraction of sp³-hybridized carbons (Fsp3) is 0.462. The Hall–Kier alpha value is -1.55. The number of rotatable bonds is 3. The lowest BCUT2D eigenvalue weighted by molar-refractivity contribution is -0.121. The van der Waals surface area contributed by atoms with E-state index in [-0.39, 0.29) is 17.6 Å². The van der Waals surface area contributed by atoms with Crippen LogP contribution >= 0.6 is 0 Å². The van der Waals surface area contributed by atoms with Crippen molar-refractivity contribution in [2.24, 2.45) is 0 Å². The number of Topliss-reactive ketones (excluding diaryl/α,β-unsaturated/α-hetero) is 1. The minimum Gasteiger partial charge on any atom is -0.504 e. The van der Waals surface area contributed by atoms with Crippen LogP contribution in [-0.2, 0) is 11.2 Å². The van der Waals surface area contributed by atoms with Gasteiger partial charge in [-0.25, -0.2) is 0 Å². The minimum absolute atomic E-state index is 0.0869. The van der Waals surface area contributed by atoms with Gasteiger partial charge in [0.15, 0.2) is 17.3 Å². The molecular formula is C13H17NO3. The Morgan fingerprint density at radius 1 is 1.59 bits per heavy atom.